The maximum absolute atomic E-state index is 13.5. The number of hydrogen-bond donors (Lipinski definition) is 0. The topological polar surface area (TPSA) is 51.0 Å². The van der Waals surface area contributed by atoms with Crippen molar-refractivity contribution in [1.29, 1.82) is 0 Å². The van der Waals surface area contributed by atoms with Gasteiger partial charge in [-0.05, 0) is 60.9 Å². The summed E-state index contributed by atoms with van der Waals surface area (Å²) in [5.74, 6) is 0. The van der Waals surface area contributed by atoms with Gasteiger partial charge >= 0.3 is 0 Å². The highest BCUT2D eigenvalue weighted by Crippen LogP contribution is 2.36. The van der Waals surface area contributed by atoms with Gasteiger partial charge in [0.2, 0.25) is 0 Å². The van der Waals surface area contributed by atoms with Crippen molar-refractivity contribution in [2.75, 3.05) is 18.5 Å². The van der Waals surface area contributed by atoms with E-state index in [9.17, 15) is 4.79 Å². The van der Waals surface area contributed by atoms with Crippen LogP contribution in [0.1, 0.15) is 61.3 Å². The molecule has 0 spiro atoms. The van der Waals surface area contributed by atoms with Crippen molar-refractivity contribution in [3.05, 3.63) is 62.9 Å². The molecule has 0 unspecified atom stereocenters. The molecule has 6 heteroatoms. The number of fused-ring (bicyclic) bond motifs is 3. The molecule has 30 heavy (non-hydrogen) atoms. The number of rotatable bonds is 3. The second-order valence-corrected chi connectivity index (χ2v) is 9.09. The molecule has 1 aromatic carbocycles. The van der Waals surface area contributed by atoms with Crippen LogP contribution in [0.3, 0.4) is 0 Å². The van der Waals surface area contributed by atoms with Gasteiger partial charge < -0.3 is 4.90 Å². The molecule has 1 aliphatic carbocycles. The lowest BCUT2D eigenvalue weighted by molar-refractivity contribution is 0.345. The van der Waals surface area contributed by atoms with E-state index in [4.69, 9.17) is 16.6 Å². The van der Waals surface area contributed by atoms with Gasteiger partial charge in [-0.2, -0.15) is 0 Å². The van der Waals surface area contributed by atoms with Gasteiger partial charge in [0.15, 0.2) is 0 Å². The lowest BCUT2D eigenvalue weighted by atomic mass is 9.91. The zero-order chi connectivity index (χ0) is 20.7. The molecule has 0 atom stereocenters. The molecule has 3 aromatic rings. The van der Waals surface area contributed by atoms with Crippen molar-refractivity contribution in [3.8, 4) is 0 Å². The average molecular weight is 423 g/mol. The summed E-state index contributed by atoms with van der Waals surface area (Å²) in [5, 5.41) is 1.24. The van der Waals surface area contributed by atoms with Crippen LogP contribution in [0.15, 0.2) is 35.5 Å². The molecule has 156 valence electrons. The largest absolute Gasteiger partial charge is 0.373 e. The summed E-state index contributed by atoms with van der Waals surface area (Å²) in [7, 11) is 2.11. The molecule has 2 aromatic heterocycles. The van der Waals surface area contributed by atoms with Crippen molar-refractivity contribution in [1.82, 2.24) is 14.5 Å². The molecule has 1 saturated carbocycles. The second kappa shape index (κ2) is 8.03. The van der Waals surface area contributed by atoms with Crippen LogP contribution < -0.4 is 10.5 Å². The summed E-state index contributed by atoms with van der Waals surface area (Å²) in [6.07, 6.45) is 12.3. The van der Waals surface area contributed by atoms with Gasteiger partial charge in [-0.1, -0.05) is 36.9 Å². The predicted molar refractivity (Wildman–Crippen MR) is 122 cm³/mol. The monoisotopic (exact) mass is 422 g/mol. The Morgan fingerprint density at radius 3 is 2.73 bits per heavy atom. The Balaban J connectivity index is 1.67. The van der Waals surface area contributed by atoms with Crippen molar-refractivity contribution in [3.63, 3.8) is 0 Å². The quantitative estimate of drug-likeness (QED) is 0.562. The molecule has 5 rings (SSSR count). The number of benzene rings is 1. The van der Waals surface area contributed by atoms with Crippen LogP contribution in [0, 0.1) is 0 Å². The lowest BCUT2D eigenvalue weighted by Gasteiger charge is -2.31. The molecular weight excluding hydrogens is 396 g/mol. The van der Waals surface area contributed by atoms with Gasteiger partial charge in [0.05, 0.1) is 17.4 Å². The Kier molecular flexibility index (Phi) is 5.23. The minimum atomic E-state index is 0.101. The molecule has 1 fully saturated rings. The van der Waals surface area contributed by atoms with Crippen LogP contribution in [0.4, 0.5) is 5.69 Å². The first kappa shape index (κ1) is 19.6. The van der Waals surface area contributed by atoms with E-state index in [0.29, 0.717) is 5.15 Å². The highest BCUT2D eigenvalue weighted by molar-refractivity contribution is 6.29. The number of anilines is 1. The Hall–Kier alpha value is -2.40. The molecule has 0 N–H and O–H groups in total. The number of halogens is 1. The van der Waals surface area contributed by atoms with E-state index in [-0.39, 0.29) is 11.6 Å². The molecule has 0 bridgehead atoms. The number of aromatic nitrogens is 3. The summed E-state index contributed by atoms with van der Waals surface area (Å²) >= 11 is 5.97. The van der Waals surface area contributed by atoms with Gasteiger partial charge in [-0.3, -0.25) is 9.36 Å². The molecule has 5 nitrogen and oxygen atoms in total. The van der Waals surface area contributed by atoms with Crippen LogP contribution in [-0.4, -0.2) is 28.1 Å². The third-order valence-corrected chi connectivity index (χ3v) is 6.92. The summed E-state index contributed by atoms with van der Waals surface area (Å²) in [4.78, 5) is 24.9. The maximum Gasteiger partial charge on any atom is 0.261 e. The zero-order valence-corrected chi connectivity index (χ0v) is 18.2. The van der Waals surface area contributed by atoms with Gasteiger partial charge in [-0.25, -0.2) is 9.97 Å². The lowest BCUT2D eigenvalue weighted by Crippen LogP contribution is -2.30. The molecule has 0 radical (unpaired) electrons. The fourth-order valence-corrected chi connectivity index (χ4v) is 5.27. The Bertz CT molecular complexity index is 1130. The van der Waals surface area contributed by atoms with E-state index in [0.717, 1.165) is 60.8 Å². The van der Waals surface area contributed by atoms with E-state index in [1.54, 1.807) is 6.33 Å². The van der Waals surface area contributed by atoms with E-state index in [2.05, 4.69) is 23.0 Å². The smallest absolute Gasteiger partial charge is 0.261 e. The van der Waals surface area contributed by atoms with Crippen molar-refractivity contribution >= 4 is 28.2 Å². The first-order valence-electron chi connectivity index (χ1n) is 11.0. The van der Waals surface area contributed by atoms with Crippen LogP contribution in [0.25, 0.3) is 10.9 Å². The molecule has 0 saturated heterocycles. The number of hydrogen-bond acceptors (Lipinski definition) is 4. The van der Waals surface area contributed by atoms with Gasteiger partial charge in [0, 0.05) is 25.8 Å². The summed E-state index contributed by atoms with van der Waals surface area (Å²) in [6, 6.07) is 6.22. The van der Waals surface area contributed by atoms with Crippen LogP contribution >= 0.6 is 11.6 Å². The average Bonchev–Trinajstić information content (AvgIpc) is 2.77. The maximum atomic E-state index is 13.5. The predicted octanol–water partition coefficient (Wildman–Crippen LogP) is 4.92. The van der Waals surface area contributed by atoms with E-state index < -0.39 is 0 Å². The van der Waals surface area contributed by atoms with Crippen LogP contribution in [0.2, 0.25) is 5.15 Å². The highest BCUT2D eigenvalue weighted by Gasteiger charge is 2.24. The second-order valence-electron chi connectivity index (χ2n) is 8.70. The van der Waals surface area contributed by atoms with E-state index >= 15 is 0 Å². The third kappa shape index (κ3) is 3.49. The van der Waals surface area contributed by atoms with Gasteiger partial charge in [0.25, 0.3) is 5.56 Å². The minimum Gasteiger partial charge on any atom is -0.373 e. The van der Waals surface area contributed by atoms with Gasteiger partial charge in [-0.15, -0.1) is 0 Å². The standard InChI is InChI=1S/C24H27ClN4O/c1-28-11-5-8-19-17(12-16-9-10-21(25)26-14-16)13-20-22(23(19)28)27-15-29(24(20)30)18-6-3-2-4-7-18/h9-10,13-15,18H,2-8,11-12H2,1H3. The molecule has 3 heterocycles. The normalized spacial score (nSPS) is 17.3. The SMILES string of the molecule is CN1CCCc2c(Cc3ccc(Cl)nc3)cc3c(=O)n(C4CCCCC4)cnc3c21. The highest BCUT2D eigenvalue weighted by atomic mass is 35.5. The first-order valence-corrected chi connectivity index (χ1v) is 11.4. The number of nitrogens with zero attached hydrogens (tertiary/aromatic N) is 4. The summed E-state index contributed by atoms with van der Waals surface area (Å²) in [5.41, 5.74) is 5.70. The summed E-state index contributed by atoms with van der Waals surface area (Å²) in [6.45, 7) is 0.988. The van der Waals surface area contributed by atoms with Crippen LogP contribution in [-0.2, 0) is 12.8 Å². The fourth-order valence-electron chi connectivity index (χ4n) is 5.16. The fraction of sp³-hybridized carbons (Fsp3) is 0.458. The molecule has 1 aliphatic heterocycles. The van der Waals surface area contributed by atoms with Gasteiger partial charge in [0.1, 0.15) is 10.7 Å². The Morgan fingerprint density at radius 1 is 1.13 bits per heavy atom. The molecule has 0 amide bonds. The van der Waals surface area contributed by atoms with E-state index in [1.165, 1.54) is 30.4 Å². The van der Waals surface area contributed by atoms with Crippen LogP contribution in [0.5, 0.6) is 0 Å². The molecular formula is C24H27ClN4O. The van der Waals surface area contributed by atoms with Crippen molar-refractivity contribution in [2.45, 2.75) is 57.4 Å². The zero-order valence-electron chi connectivity index (χ0n) is 17.4. The molecule has 2 aliphatic rings. The number of pyridine rings is 1. The van der Waals surface area contributed by atoms with E-state index in [1.807, 2.05) is 22.9 Å². The first-order chi connectivity index (χ1) is 14.6. The Morgan fingerprint density at radius 2 is 1.97 bits per heavy atom. The Labute approximate surface area is 181 Å². The third-order valence-electron chi connectivity index (χ3n) is 6.70. The van der Waals surface area contributed by atoms with Crippen molar-refractivity contribution in [2.24, 2.45) is 0 Å². The van der Waals surface area contributed by atoms with Crippen molar-refractivity contribution < 1.29 is 0 Å². The minimum absolute atomic E-state index is 0.101. The summed E-state index contributed by atoms with van der Waals surface area (Å²) < 4.78 is 1.89.